The lowest BCUT2D eigenvalue weighted by Gasteiger charge is -2.40. The molecule has 1 aliphatic rings. The number of ether oxygens (including phenoxy) is 1. The third-order valence-corrected chi connectivity index (χ3v) is 5.77. The summed E-state index contributed by atoms with van der Waals surface area (Å²) in [5, 5.41) is 4.60. The van der Waals surface area contributed by atoms with E-state index < -0.39 is 0 Å². The Labute approximate surface area is 184 Å². The highest BCUT2D eigenvalue weighted by atomic mass is 79.9. The van der Waals surface area contributed by atoms with E-state index in [-0.39, 0.29) is 18.1 Å². The van der Waals surface area contributed by atoms with Crippen LogP contribution in [-0.2, 0) is 4.79 Å². The maximum Gasteiger partial charge on any atom is 0.277 e. The number of benzene rings is 2. The first kappa shape index (κ1) is 21.4. The summed E-state index contributed by atoms with van der Waals surface area (Å²) in [5.74, 6) is 0.259. The third kappa shape index (κ3) is 5.00. The summed E-state index contributed by atoms with van der Waals surface area (Å²) in [6, 6.07) is 11.2. The number of nitrogens with zero attached hydrogens (tertiary/aromatic N) is 2. The lowest BCUT2D eigenvalue weighted by molar-refractivity contribution is -0.123. The van der Waals surface area contributed by atoms with Crippen molar-refractivity contribution in [3.05, 3.63) is 63.1 Å². The molecule has 29 heavy (non-hydrogen) atoms. The Hall–Kier alpha value is -2.31. The summed E-state index contributed by atoms with van der Waals surface area (Å²) in [5.41, 5.74) is 6.47. The SMILES string of the molecule is CC1=CC(C)(C)N(C)c2cc(Cl)c(/C=N\NC(=O)COc3ccc(Br)cc3)cc21. The quantitative estimate of drug-likeness (QED) is 0.473. The van der Waals surface area contributed by atoms with Crippen molar-refractivity contribution in [2.24, 2.45) is 5.10 Å². The van der Waals surface area contributed by atoms with E-state index in [0.29, 0.717) is 10.8 Å². The molecule has 1 aliphatic heterocycles. The van der Waals surface area contributed by atoms with Gasteiger partial charge in [-0.05, 0) is 62.7 Å². The number of hydrogen-bond acceptors (Lipinski definition) is 4. The predicted molar refractivity (Wildman–Crippen MR) is 123 cm³/mol. The molecule has 3 rings (SSSR count). The van der Waals surface area contributed by atoms with Crippen LogP contribution in [-0.4, -0.2) is 31.3 Å². The van der Waals surface area contributed by atoms with Gasteiger partial charge in [-0.15, -0.1) is 0 Å². The van der Waals surface area contributed by atoms with Crippen LogP contribution in [0.4, 0.5) is 5.69 Å². The molecule has 1 N–H and O–H groups in total. The molecule has 5 nitrogen and oxygen atoms in total. The minimum atomic E-state index is -0.351. The van der Waals surface area contributed by atoms with Crippen molar-refractivity contribution >= 4 is 50.9 Å². The minimum absolute atomic E-state index is 0.0845. The van der Waals surface area contributed by atoms with Crippen LogP contribution in [0.5, 0.6) is 5.75 Å². The van der Waals surface area contributed by atoms with Crippen LogP contribution in [0, 0.1) is 0 Å². The molecule has 0 radical (unpaired) electrons. The molecule has 0 atom stereocenters. The molecule has 2 aromatic carbocycles. The summed E-state index contributed by atoms with van der Waals surface area (Å²) in [6.45, 7) is 6.28. The van der Waals surface area contributed by atoms with Gasteiger partial charge in [0.1, 0.15) is 5.75 Å². The molecule has 0 bridgehead atoms. The second-order valence-corrected chi connectivity index (χ2v) is 8.79. The Morgan fingerprint density at radius 3 is 2.69 bits per heavy atom. The molecule has 0 saturated heterocycles. The Morgan fingerprint density at radius 2 is 2.00 bits per heavy atom. The first-order chi connectivity index (χ1) is 13.7. The fourth-order valence-electron chi connectivity index (χ4n) is 3.17. The smallest absolute Gasteiger partial charge is 0.277 e. The lowest BCUT2D eigenvalue weighted by Crippen LogP contribution is -2.42. The fourth-order valence-corrected chi connectivity index (χ4v) is 3.64. The average Bonchev–Trinajstić information content (AvgIpc) is 2.66. The van der Waals surface area contributed by atoms with E-state index in [1.807, 2.05) is 24.3 Å². The highest BCUT2D eigenvalue weighted by Gasteiger charge is 2.29. The zero-order valence-electron chi connectivity index (χ0n) is 16.8. The number of allylic oxidation sites excluding steroid dienone is 1. The summed E-state index contributed by atoms with van der Waals surface area (Å²) in [7, 11) is 2.05. The van der Waals surface area contributed by atoms with Crippen molar-refractivity contribution in [3.63, 3.8) is 0 Å². The van der Waals surface area contributed by atoms with E-state index in [0.717, 1.165) is 21.3 Å². The molecule has 0 aliphatic carbocycles. The molecule has 0 unspecified atom stereocenters. The Kier molecular flexibility index (Phi) is 6.34. The number of carbonyl (C=O) groups excluding carboxylic acids is 1. The van der Waals surface area contributed by atoms with Gasteiger partial charge < -0.3 is 9.64 Å². The third-order valence-electron chi connectivity index (χ3n) is 4.91. The van der Waals surface area contributed by atoms with Crippen LogP contribution in [0.1, 0.15) is 31.9 Å². The summed E-state index contributed by atoms with van der Waals surface area (Å²) in [4.78, 5) is 14.1. The van der Waals surface area contributed by atoms with E-state index in [2.05, 4.69) is 65.3 Å². The molecular weight excluding hydrogens is 454 g/mol. The highest BCUT2D eigenvalue weighted by molar-refractivity contribution is 9.10. The van der Waals surface area contributed by atoms with Gasteiger partial charge in [0.05, 0.1) is 16.8 Å². The summed E-state index contributed by atoms with van der Waals surface area (Å²) in [6.07, 6.45) is 3.78. The number of rotatable bonds is 5. The maximum atomic E-state index is 11.9. The lowest BCUT2D eigenvalue weighted by atomic mass is 9.88. The van der Waals surface area contributed by atoms with Gasteiger partial charge >= 0.3 is 0 Å². The van der Waals surface area contributed by atoms with Gasteiger partial charge in [-0.2, -0.15) is 5.10 Å². The first-order valence-corrected chi connectivity index (χ1v) is 10.3. The number of hydrazone groups is 1. The number of amides is 1. The minimum Gasteiger partial charge on any atom is -0.484 e. The molecule has 1 heterocycles. The van der Waals surface area contributed by atoms with Gasteiger partial charge in [-0.25, -0.2) is 5.43 Å². The average molecular weight is 477 g/mol. The molecule has 0 spiro atoms. The van der Waals surface area contributed by atoms with E-state index in [1.165, 1.54) is 5.57 Å². The standard InChI is InChI=1S/C22H23BrClN3O2/c1-14-11-22(2,3)27(4)20-10-19(24)15(9-18(14)20)12-25-26-21(28)13-29-17-7-5-16(23)6-8-17/h5-12H,13H2,1-4H3,(H,26,28)/b25-12-. The van der Waals surface area contributed by atoms with Crippen LogP contribution in [0.3, 0.4) is 0 Å². The van der Waals surface area contributed by atoms with E-state index in [1.54, 1.807) is 18.3 Å². The van der Waals surface area contributed by atoms with Gasteiger partial charge in [0, 0.05) is 28.3 Å². The van der Waals surface area contributed by atoms with Crippen molar-refractivity contribution in [1.82, 2.24) is 5.43 Å². The molecule has 7 heteroatoms. The normalized spacial score (nSPS) is 15.1. The number of anilines is 1. The zero-order chi connectivity index (χ0) is 21.2. The highest BCUT2D eigenvalue weighted by Crippen LogP contribution is 2.40. The van der Waals surface area contributed by atoms with Gasteiger partial charge in [0.15, 0.2) is 6.61 Å². The van der Waals surface area contributed by atoms with Crippen molar-refractivity contribution in [2.45, 2.75) is 26.3 Å². The van der Waals surface area contributed by atoms with Crippen molar-refractivity contribution in [3.8, 4) is 5.75 Å². The van der Waals surface area contributed by atoms with E-state index >= 15 is 0 Å². The van der Waals surface area contributed by atoms with E-state index in [9.17, 15) is 4.79 Å². The molecular formula is C22H23BrClN3O2. The molecule has 1 amide bonds. The largest absolute Gasteiger partial charge is 0.484 e. The maximum absolute atomic E-state index is 11.9. The van der Waals surface area contributed by atoms with Crippen molar-refractivity contribution < 1.29 is 9.53 Å². The molecule has 0 aromatic heterocycles. The number of fused-ring (bicyclic) bond motifs is 1. The number of hydrogen-bond donors (Lipinski definition) is 1. The zero-order valence-corrected chi connectivity index (χ0v) is 19.1. The molecule has 2 aromatic rings. The van der Waals surface area contributed by atoms with Gasteiger partial charge in [-0.1, -0.05) is 33.6 Å². The Morgan fingerprint density at radius 1 is 1.31 bits per heavy atom. The van der Waals surface area contributed by atoms with Gasteiger partial charge in [-0.3, -0.25) is 4.79 Å². The second kappa shape index (κ2) is 8.59. The molecule has 152 valence electrons. The topological polar surface area (TPSA) is 53.9 Å². The van der Waals surface area contributed by atoms with Crippen LogP contribution >= 0.6 is 27.5 Å². The molecule has 0 fully saturated rings. The monoisotopic (exact) mass is 475 g/mol. The number of halogens is 2. The Bertz CT molecular complexity index is 984. The van der Waals surface area contributed by atoms with Crippen LogP contribution in [0.15, 0.2) is 52.0 Å². The van der Waals surface area contributed by atoms with E-state index in [4.69, 9.17) is 16.3 Å². The summed E-state index contributed by atoms with van der Waals surface area (Å²) >= 11 is 9.81. The fraction of sp³-hybridized carbons (Fsp3) is 0.273. The number of likely N-dealkylation sites (N-methyl/N-ethyl adjacent to an activating group) is 1. The summed E-state index contributed by atoms with van der Waals surface area (Å²) < 4.78 is 6.37. The first-order valence-electron chi connectivity index (χ1n) is 9.15. The van der Waals surface area contributed by atoms with Gasteiger partial charge in [0.25, 0.3) is 5.91 Å². The van der Waals surface area contributed by atoms with Crippen LogP contribution in [0.25, 0.3) is 5.57 Å². The van der Waals surface area contributed by atoms with Crippen LogP contribution in [0.2, 0.25) is 5.02 Å². The van der Waals surface area contributed by atoms with Crippen LogP contribution < -0.4 is 15.1 Å². The van der Waals surface area contributed by atoms with Gasteiger partial charge in [0.2, 0.25) is 0 Å². The second-order valence-electron chi connectivity index (χ2n) is 7.47. The van der Waals surface area contributed by atoms with Crippen molar-refractivity contribution in [2.75, 3.05) is 18.6 Å². The predicted octanol–water partition coefficient (Wildman–Crippen LogP) is 5.26. The van der Waals surface area contributed by atoms with Crippen molar-refractivity contribution in [1.29, 1.82) is 0 Å². The number of carbonyl (C=O) groups is 1. The Balaban J connectivity index is 1.66. The number of nitrogens with one attached hydrogen (secondary N) is 1. The molecule has 0 saturated carbocycles.